The lowest BCUT2D eigenvalue weighted by atomic mass is 10.1. The average molecular weight is 357 g/mol. The molecule has 0 aliphatic rings. The second-order valence-electron chi connectivity index (χ2n) is 5.01. The number of halogens is 1. The SMILES string of the molecule is Cc1ccc2nc(C=C(O)c3ccc(Br)cc3)c(=O)[nH]c2c1. The summed E-state index contributed by atoms with van der Waals surface area (Å²) >= 11 is 3.34. The van der Waals surface area contributed by atoms with Gasteiger partial charge in [-0.2, -0.15) is 0 Å². The predicted octanol–water partition coefficient (Wildman–Crippen LogP) is 4.05. The van der Waals surface area contributed by atoms with Crippen molar-refractivity contribution < 1.29 is 5.11 Å². The summed E-state index contributed by atoms with van der Waals surface area (Å²) in [5, 5.41) is 10.2. The first-order valence-electron chi connectivity index (χ1n) is 6.70. The molecule has 5 heteroatoms. The van der Waals surface area contributed by atoms with E-state index in [0.717, 1.165) is 10.0 Å². The number of H-pyrrole nitrogens is 1. The van der Waals surface area contributed by atoms with Gasteiger partial charge in [-0.25, -0.2) is 4.98 Å². The van der Waals surface area contributed by atoms with Gasteiger partial charge in [0.25, 0.3) is 5.56 Å². The highest BCUT2D eigenvalue weighted by Gasteiger charge is 2.06. The molecule has 0 saturated heterocycles. The molecule has 3 aromatic rings. The quantitative estimate of drug-likeness (QED) is 0.680. The molecular formula is C17H13BrN2O2. The third-order valence-electron chi connectivity index (χ3n) is 3.29. The van der Waals surface area contributed by atoms with E-state index in [-0.39, 0.29) is 17.0 Å². The van der Waals surface area contributed by atoms with Crippen molar-refractivity contribution in [3.05, 3.63) is 74.1 Å². The lowest BCUT2D eigenvalue weighted by molar-refractivity contribution is 0.515. The Morgan fingerprint density at radius 1 is 1.23 bits per heavy atom. The van der Waals surface area contributed by atoms with Crippen LogP contribution in [0.4, 0.5) is 0 Å². The molecule has 0 bridgehead atoms. The van der Waals surface area contributed by atoms with Crippen LogP contribution in [0.25, 0.3) is 22.9 Å². The van der Waals surface area contributed by atoms with Crippen molar-refractivity contribution in [1.29, 1.82) is 0 Å². The molecule has 0 amide bonds. The van der Waals surface area contributed by atoms with Gasteiger partial charge in [0.2, 0.25) is 0 Å². The molecule has 110 valence electrons. The molecule has 3 rings (SSSR count). The van der Waals surface area contributed by atoms with Crippen LogP contribution in [0.1, 0.15) is 16.8 Å². The van der Waals surface area contributed by atoms with Gasteiger partial charge in [-0.1, -0.05) is 34.1 Å². The molecule has 22 heavy (non-hydrogen) atoms. The minimum Gasteiger partial charge on any atom is -0.507 e. The third kappa shape index (κ3) is 2.94. The predicted molar refractivity (Wildman–Crippen MR) is 91.7 cm³/mol. The Morgan fingerprint density at radius 3 is 2.68 bits per heavy atom. The molecule has 2 aromatic carbocycles. The van der Waals surface area contributed by atoms with Gasteiger partial charge in [-0.05, 0) is 36.8 Å². The lowest BCUT2D eigenvalue weighted by Crippen LogP contribution is -2.12. The van der Waals surface area contributed by atoms with Crippen LogP contribution >= 0.6 is 15.9 Å². The van der Waals surface area contributed by atoms with Crippen LogP contribution in [0.5, 0.6) is 0 Å². The number of aromatic amines is 1. The fourth-order valence-corrected chi connectivity index (χ4v) is 2.41. The van der Waals surface area contributed by atoms with Crippen LogP contribution in [0.3, 0.4) is 0 Å². The van der Waals surface area contributed by atoms with Crippen LogP contribution in [0.15, 0.2) is 51.7 Å². The maximum atomic E-state index is 12.1. The molecule has 0 aliphatic heterocycles. The van der Waals surface area contributed by atoms with Gasteiger partial charge in [0.1, 0.15) is 11.5 Å². The van der Waals surface area contributed by atoms with Crippen LogP contribution in [0.2, 0.25) is 0 Å². The van der Waals surface area contributed by atoms with E-state index >= 15 is 0 Å². The van der Waals surface area contributed by atoms with Crippen LogP contribution in [-0.2, 0) is 0 Å². The van der Waals surface area contributed by atoms with Crippen LogP contribution < -0.4 is 5.56 Å². The summed E-state index contributed by atoms with van der Waals surface area (Å²) in [4.78, 5) is 19.2. The first-order valence-corrected chi connectivity index (χ1v) is 7.49. The lowest BCUT2D eigenvalue weighted by Gasteiger charge is -2.03. The normalized spacial score (nSPS) is 11.8. The molecule has 4 nitrogen and oxygen atoms in total. The summed E-state index contributed by atoms with van der Waals surface area (Å²) in [6.45, 7) is 1.95. The summed E-state index contributed by atoms with van der Waals surface area (Å²) < 4.78 is 0.918. The molecule has 0 aliphatic carbocycles. The van der Waals surface area contributed by atoms with Gasteiger partial charge < -0.3 is 10.1 Å². The number of hydrogen-bond acceptors (Lipinski definition) is 3. The number of nitrogens with one attached hydrogen (secondary N) is 1. The van der Waals surface area contributed by atoms with Crippen molar-refractivity contribution in [2.45, 2.75) is 6.92 Å². The smallest absolute Gasteiger partial charge is 0.274 e. The second kappa shape index (κ2) is 5.77. The Labute approximate surface area is 135 Å². The van der Waals surface area contributed by atoms with Gasteiger partial charge in [-0.3, -0.25) is 4.79 Å². The summed E-state index contributed by atoms with van der Waals surface area (Å²) in [5.74, 6) is -0.00281. The molecule has 0 atom stereocenters. The van der Waals surface area contributed by atoms with Crippen molar-refractivity contribution in [2.75, 3.05) is 0 Å². The van der Waals surface area contributed by atoms with Crippen molar-refractivity contribution in [2.24, 2.45) is 0 Å². The Hall–Kier alpha value is -2.40. The van der Waals surface area contributed by atoms with Crippen molar-refractivity contribution in [3.8, 4) is 0 Å². The van der Waals surface area contributed by atoms with E-state index in [2.05, 4.69) is 25.9 Å². The summed E-state index contributed by atoms with van der Waals surface area (Å²) in [6.07, 6.45) is 1.38. The van der Waals surface area contributed by atoms with E-state index in [1.165, 1.54) is 6.08 Å². The molecule has 1 aromatic heterocycles. The highest BCUT2D eigenvalue weighted by molar-refractivity contribution is 9.10. The van der Waals surface area contributed by atoms with E-state index < -0.39 is 0 Å². The summed E-state index contributed by atoms with van der Waals surface area (Å²) in [5.41, 5.74) is 2.88. The number of benzene rings is 2. The first kappa shape index (κ1) is 14.5. The maximum Gasteiger partial charge on any atom is 0.274 e. The fourth-order valence-electron chi connectivity index (χ4n) is 2.15. The zero-order valence-corrected chi connectivity index (χ0v) is 13.4. The number of aliphatic hydroxyl groups is 1. The van der Waals surface area contributed by atoms with E-state index in [1.807, 2.05) is 37.3 Å². The second-order valence-corrected chi connectivity index (χ2v) is 5.92. The number of hydrogen-bond donors (Lipinski definition) is 2. The average Bonchev–Trinajstić information content (AvgIpc) is 2.49. The minimum atomic E-state index is -0.332. The van der Waals surface area contributed by atoms with Crippen molar-refractivity contribution >= 4 is 38.8 Å². The molecule has 1 heterocycles. The number of fused-ring (bicyclic) bond motifs is 1. The third-order valence-corrected chi connectivity index (χ3v) is 3.82. The van der Waals surface area contributed by atoms with Crippen LogP contribution in [0, 0.1) is 6.92 Å². The Balaban J connectivity index is 2.07. The van der Waals surface area contributed by atoms with Gasteiger partial charge in [0, 0.05) is 16.1 Å². The zero-order valence-electron chi connectivity index (χ0n) is 11.8. The Kier molecular flexibility index (Phi) is 3.81. The maximum absolute atomic E-state index is 12.1. The number of aliphatic hydroxyl groups excluding tert-OH is 1. The Bertz CT molecular complexity index is 928. The van der Waals surface area contributed by atoms with Gasteiger partial charge in [0.05, 0.1) is 11.0 Å². The van der Waals surface area contributed by atoms with Crippen molar-refractivity contribution in [1.82, 2.24) is 9.97 Å². The van der Waals surface area contributed by atoms with E-state index in [9.17, 15) is 9.90 Å². The number of rotatable bonds is 2. The number of aryl methyl sites for hydroxylation is 1. The standard InChI is InChI=1S/C17H13BrN2O2/c1-10-2-7-13-14(8-10)20-17(22)15(19-13)9-16(21)11-3-5-12(18)6-4-11/h2-9,21H,1H3,(H,20,22). The molecule has 0 fully saturated rings. The Morgan fingerprint density at radius 2 is 1.95 bits per heavy atom. The summed E-state index contributed by atoms with van der Waals surface area (Å²) in [7, 11) is 0. The highest BCUT2D eigenvalue weighted by atomic mass is 79.9. The molecule has 0 radical (unpaired) electrons. The monoisotopic (exact) mass is 356 g/mol. The number of aromatic nitrogens is 2. The van der Waals surface area contributed by atoms with Gasteiger partial charge in [-0.15, -0.1) is 0 Å². The molecule has 0 spiro atoms. The topological polar surface area (TPSA) is 66.0 Å². The molecule has 2 N–H and O–H groups in total. The minimum absolute atomic E-state index is 0.00281. The zero-order chi connectivity index (χ0) is 15.7. The van der Waals surface area contributed by atoms with E-state index in [1.54, 1.807) is 12.1 Å². The molecule has 0 unspecified atom stereocenters. The number of nitrogens with zero attached hydrogens (tertiary/aromatic N) is 1. The van der Waals surface area contributed by atoms with E-state index in [4.69, 9.17) is 0 Å². The molecule has 0 saturated carbocycles. The summed E-state index contributed by atoms with van der Waals surface area (Å²) in [6, 6.07) is 12.8. The highest BCUT2D eigenvalue weighted by Crippen LogP contribution is 2.18. The van der Waals surface area contributed by atoms with Crippen molar-refractivity contribution in [3.63, 3.8) is 0 Å². The largest absolute Gasteiger partial charge is 0.507 e. The van der Waals surface area contributed by atoms with Gasteiger partial charge in [0.15, 0.2) is 0 Å². The molecular weight excluding hydrogens is 344 g/mol. The van der Waals surface area contributed by atoms with Crippen LogP contribution in [-0.4, -0.2) is 15.1 Å². The first-order chi connectivity index (χ1) is 10.5. The van der Waals surface area contributed by atoms with E-state index in [0.29, 0.717) is 16.6 Å². The fraction of sp³-hybridized carbons (Fsp3) is 0.0588. The van der Waals surface area contributed by atoms with Gasteiger partial charge >= 0.3 is 0 Å².